The van der Waals surface area contributed by atoms with E-state index in [0.717, 1.165) is 43.4 Å². The maximum absolute atomic E-state index is 10.6. The Morgan fingerprint density at radius 1 is 1.59 bits per heavy atom. The highest BCUT2D eigenvalue weighted by molar-refractivity contribution is 7.13. The summed E-state index contributed by atoms with van der Waals surface area (Å²) in [6.45, 7) is 6.09. The van der Waals surface area contributed by atoms with Gasteiger partial charge in [0.25, 0.3) is 5.19 Å². The largest absolute Gasteiger partial charge is 0.411 e. The molecule has 0 unspecified atom stereocenters. The lowest BCUT2D eigenvalue weighted by atomic mass is 10.3. The molecule has 17 heavy (non-hydrogen) atoms. The van der Waals surface area contributed by atoms with Gasteiger partial charge in [0, 0.05) is 24.5 Å². The molecule has 6 nitrogen and oxygen atoms in total. The van der Waals surface area contributed by atoms with Crippen LogP contribution in [0.25, 0.3) is 0 Å². The lowest BCUT2D eigenvalue weighted by Crippen LogP contribution is -2.35. The van der Waals surface area contributed by atoms with E-state index in [2.05, 4.69) is 9.88 Å². The van der Waals surface area contributed by atoms with Gasteiger partial charge in [-0.25, -0.2) is 9.78 Å². The van der Waals surface area contributed by atoms with Crippen LogP contribution in [0.15, 0.2) is 0 Å². The smallest absolute Gasteiger partial charge is 0.381 e. The molecule has 1 saturated heterocycles. The number of rotatable bonds is 3. The van der Waals surface area contributed by atoms with Gasteiger partial charge in [0.05, 0.1) is 18.9 Å². The third-order valence-corrected chi connectivity index (χ3v) is 3.55. The number of amides is 1. The highest BCUT2D eigenvalue weighted by atomic mass is 32.1. The zero-order chi connectivity index (χ0) is 12.3. The van der Waals surface area contributed by atoms with Crippen molar-refractivity contribution in [2.75, 3.05) is 26.3 Å². The number of primary amides is 1. The Labute approximate surface area is 103 Å². The normalized spacial score (nSPS) is 17.0. The molecular weight excluding hydrogens is 242 g/mol. The molecule has 1 aromatic heterocycles. The molecule has 2 heterocycles. The van der Waals surface area contributed by atoms with E-state index in [1.807, 2.05) is 6.92 Å². The van der Waals surface area contributed by atoms with E-state index in [1.165, 1.54) is 11.3 Å². The molecule has 1 aromatic rings. The maximum atomic E-state index is 10.6. The van der Waals surface area contributed by atoms with Crippen LogP contribution in [0.3, 0.4) is 0 Å². The van der Waals surface area contributed by atoms with E-state index in [4.69, 9.17) is 15.2 Å². The molecule has 0 atom stereocenters. The molecule has 7 heteroatoms. The van der Waals surface area contributed by atoms with Gasteiger partial charge in [0.15, 0.2) is 0 Å². The highest BCUT2D eigenvalue weighted by Crippen LogP contribution is 2.26. The fourth-order valence-electron chi connectivity index (χ4n) is 1.64. The van der Waals surface area contributed by atoms with Crippen molar-refractivity contribution in [3.63, 3.8) is 0 Å². The predicted octanol–water partition coefficient (Wildman–Crippen LogP) is 0.741. The molecule has 1 aliphatic heterocycles. The van der Waals surface area contributed by atoms with Crippen LogP contribution < -0.4 is 10.5 Å². The number of nitrogens with zero attached hydrogens (tertiary/aromatic N) is 2. The van der Waals surface area contributed by atoms with E-state index in [0.29, 0.717) is 5.19 Å². The first kappa shape index (κ1) is 12.3. The minimum absolute atomic E-state index is 0.318. The number of carbonyl (C=O) groups excluding carboxylic acids is 1. The van der Waals surface area contributed by atoms with E-state index >= 15 is 0 Å². The summed E-state index contributed by atoms with van der Waals surface area (Å²) in [7, 11) is 0. The minimum atomic E-state index is -0.823. The van der Waals surface area contributed by atoms with Crippen molar-refractivity contribution in [2.45, 2.75) is 13.5 Å². The van der Waals surface area contributed by atoms with Crippen LogP contribution >= 0.6 is 11.3 Å². The SMILES string of the molecule is Cc1nc(OC(N)=O)sc1CN1CCOCC1. The van der Waals surface area contributed by atoms with Gasteiger partial charge >= 0.3 is 6.09 Å². The average Bonchev–Trinajstić information content (AvgIpc) is 2.59. The summed E-state index contributed by atoms with van der Waals surface area (Å²) < 4.78 is 10.1. The second-order valence-corrected chi connectivity index (χ2v) is 4.84. The maximum Gasteiger partial charge on any atom is 0.411 e. The predicted molar refractivity (Wildman–Crippen MR) is 63.2 cm³/mol. The molecule has 0 aliphatic carbocycles. The lowest BCUT2D eigenvalue weighted by Gasteiger charge is -2.25. The van der Waals surface area contributed by atoms with E-state index in [9.17, 15) is 4.79 Å². The lowest BCUT2D eigenvalue weighted by molar-refractivity contribution is 0.0345. The molecule has 0 saturated carbocycles. The van der Waals surface area contributed by atoms with Crippen molar-refractivity contribution >= 4 is 17.4 Å². The fraction of sp³-hybridized carbons (Fsp3) is 0.600. The van der Waals surface area contributed by atoms with E-state index in [-0.39, 0.29) is 0 Å². The summed E-state index contributed by atoms with van der Waals surface area (Å²) in [4.78, 5) is 18.2. The Hall–Kier alpha value is -1.18. The summed E-state index contributed by atoms with van der Waals surface area (Å²) in [5.41, 5.74) is 5.83. The minimum Gasteiger partial charge on any atom is -0.381 e. The van der Waals surface area contributed by atoms with Gasteiger partial charge in [0.2, 0.25) is 0 Å². The number of ether oxygens (including phenoxy) is 2. The van der Waals surface area contributed by atoms with Crippen LogP contribution in [0.4, 0.5) is 4.79 Å². The number of carbonyl (C=O) groups is 1. The van der Waals surface area contributed by atoms with Crippen LogP contribution in [0.2, 0.25) is 0 Å². The summed E-state index contributed by atoms with van der Waals surface area (Å²) in [5.74, 6) is 0. The standard InChI is InChI=1S/C10H15N3O3S/c1-7-8(6-13-2-4-15-5-3-13)17-10(12-7)16-9(11)14/h2-6H2,1H3,(H2,11,14). The van der Waals surface area contributed by atoms with Gasteiger partial charge in [-0.2, -0.15) is 0 Å². The highest BCUT2D eigenvalue weighted by Gasteiger charge is 2.16. The van der Waals surface area contributed by atoms with E-state index in [1.54, 1.807) is 0 Å². The first-order valence-corrected chi connectivity index (χ1v) is 6.20. The van der Waals surface area contributed by atoms with Crippen LogP contribution in [-0.4, -0.2) is 42.3 Å². The van der Waals surface area contributed by atoms with Crippen LogP contribution in [0, 0.1) is 6.92 Å². The van der Waals surface area contributed by atoms with Gasteiger partial charge in [-0.3, -0.25) is 4.90 Å². The fourth-order valence-corrected chi connectivity index (χ4v) is 2.60. The summed E-state index contributed by atoms with van der Waals surface area (Å²) >= 11 is 1.36. The first-order chi connectivity index (χ1) is 8.15. The summed E-state index contributed by atoms with van der Waals surface area (Å²) in [5, 5.41) is 0.318. The number of morpholine rings is 1. The molecule has 1 aliphatic rings. The summed E-state index contributed by atoms with van der Waals surface area (Å²) in [6, 6.07) is 0. The molecule has 94 valence electrons. The van der Waals surface area contributed by atoms with Gasteiger partial charge in [-0.15, -0.1) is 0 Å². The van der Waals surface area contributed by atoms with E-state index < -0.39 is 6.09 Å². The van der Waals surface area contributed by atoms with Crippen molar-refractivity contribution in [1.82, 2.24) is 9.88 Å². The Balaban J connectivity index is 1.99. The van der Waals surface area contributed by atoms with Gasteiger partial charge in [0.1, 0.15) is 0 Å². The number of aryl methyl sites for hydroxylation is 1. The van der Waals surface area contributed by atoms with Crippen LogP contribution in [-0.2, 0) is 11.3 Å². The monoisotopic (exact) mass is 257 g/mol. The molecule has 2 rings (SSSR count). The number of hydrogen-bond donors (Lipinski definition) is 1. The molecule has 0 aromatic carbocycles. The molecule has 1 amide bonds. The number of aromatic nitrogens is 1. The van der Waals surface area contributed by atoms with Gasteiger partial charge in [-0.05, 0) is 6.92 Å². The van der Waals surface area contributed by atoms with Gasteiger partial charge in [-0.1, -0.05) is 11.3 Å². The number of hydrogen-bond acceptors (Lipinski definition) is 6. The van der Waals surface area contributed by atoms with Crippen LogP contribution in [0.1, 0.15) is 10.6 Å². The molecule has 2 N–H and O–H groups in total. The van der Waals surface area contributed by atoms with Crippen molar-refractivity contribution < 1.29 is 14.3 Å². The second-order valence-electron chi connectivity index (χ2n) is 3.80. The average molecular weight is 257 g/mol. The topological polar surface area (TPSA) is 77.7 Å². The van der Waals surface area contributed by atoms with Crippen molar-refractivity contribution in [1.29, 1.82) is 0 Å². The molecule has 0 radical (unpaired) electrons. The second kappa shape index (κ2) is 5.44. The molecule has 1 fully saturated rings. The molecule has 0 bridgehead atoms. The Morgan fingerprint density at radius 3 is 2.94 bits per heavy atom. The van der Waals surface area contributed by atoms with Crippen LogP contribution in [0.5, 0.6) is 5.19 Å². The third-order valence-electron chi connectivity index (χ3n) is 2.53. The number of nitrogens with two attached hydrogens (primary N) is 1. The third kappa shape index (κ3) is 3.39. The Kier molecular flexibility index (Phi) is 3.93. The number of thiazole rings is 1. The zero-order valence-electron chi connectivity index (χ0n) is 9.64. The van der Waals surface area contributed by atoms with Crippen molar-refractivity contribution in [3.05, 3.63) is 10.6 Å². The van der Waals surface area contributed by atoms with Gasteiger partial charge < -0.3 is 15.2 Å². The Morgan fingerprint density at radius 2 is 2.29 bits per heavy atom. The molecule has 0 spiro atoms. The Bertz CT molecular complexity index is 402. The zero-order valence-corrected chi connectivity index (χ0v) is 10.5. The van der Waals surface area contributed by atoms with Crippen molar-refractivity contribution in [3.8, 4) is 5.19 Å². The molecular formula is C10H15N3O3S. The van der Waals surface area contributed by atoms with Crippen molar-refractivity contribution in [2.24, 2.45) is 5.73 Å². The summed E-state index contributed by atoms with van der Waals surface area (Å²) in [6.07, 6.45) is -0.823. The first-order valence-electron chi connectivity index (χ1n) is 5.39. The quantitative estimate of drug-likeness (QED) is 0.864.